The number of carbonyl (C=O) groups excluding carboxylic acids is 2. The van der Waals surface area contributed by atoms with Gasteiger partial charge in [0.15, 0.2) is 0 Å². The van der Waals surface area contributed by atoms with E-state index < -0.39 is 11.9 Å². The van der Waals surface area contributed by atoms with Crippen LogP contribution in [0.1, 0.15) is 29.1 Å². The summed E-state index contributed by atoms with van der Waals surface area (Å²) in [6.45, 7) is 3.39. The van der Waals surface area contributed by atoms with Gasteiger partial charge in [-0.25, -0.2) is 0 Å². The number of rotatable bonds is 4. The second kappa shape index (κ2) is 6.92. The summed E-state index contributed by atoms with van der Waals surface area (Å²) < 4.78 is 0. The van der Waals surface area contributed by atoms with Crippen molar-refractivity contribution in [2.24, 2.45) is 11.7 Å². The molecule has 0 aromatic carbocycles. The van der Waals surface area contributed by atoms with Crippen LogP contribution in [0.2, 0.25) is 0 Å². The number of aliphatic hydroxyl groups is 1. The van der Waals surface area contributed by atoms with Crippen LogP contribution >= 0.6 is 11.3 Å². The van der Waals surface area contributed by atoms with E-state index in [2.05, 4.69) is 17.2 Å². The van der Waals surface area contributed by atoms with E-state index in [0.29, 0.717) is 10.4 Å². The predicted molar refractivity (Wildman–Crippen MR) is 73.6 cm³/mol. The predicted octanol–water partition coefficient (Wildman–Crippen LogP) is 0.332. The van der Waals surface area contributed by atoms with Crippen molar-refractivity contribution >= 4 is 23.2 Å². The molecule has 1 aromatic heterocycles. The molecule has 2 amide bonds. The molecule has 1 unspecified atom stereocenters. The lowest BCUT2D eigenvalue weighted by atomic mass is 10.0. The molecule has 1 rings (SSSR count). The molecule has 0 saturated heterocycles. The van der Waals surface area contributed by atoms with Crippen LogP contribution in [0.5, 0.6) is 0 Å². The van der Waals surface area contributed by atoms with Crippen molar-refractivity contribution in [3.8, 4) is 11.8 Å². The lowest BCUT2D eigenvalue weighted by Gasteiger charge is -2.18. The van der Waals surface area contributed by atoms with Crippen molar-refractivity contribution in [2.45, 2.75) is 19.9 Å². The number of aliphatic hydroxyl groups excluding tert-OH is 1. The fraction of sp³-hybridized carbons (Fsp3) is 0.385. The molecule has 0 fully saturated rings. The molecule has 1 atom stereocenters. The highest BCUT2D eigenvalue weighted by Crippen LogP contribution is 2.14. The van der Waals surface area contributed by atoms with Gasteiger partial charge in [-0.3, -0.25) is 9.59 Å². The maximum atomic E-state index is 11.9. The van der Waals surface area contributed by atoms with Gasteiger partial charge in [0.25, 0.3) is 5.91 Å². The first kappa shape index (κ1) is 15.2. The molecule has 1 aromatic rings. The van der Waals surface area contributed by atoms with Crippen molar-refractivity contribution < 1.29 is 14.7 Å². The molecule has 4 N–H and O–H groups in total. The van der Waals surface area contributed by atoms with E-state index in [1.54, 1.807) is 11.4 Å². The highest BCUT2D eigenvalue weighted by Gasteiger charge is 2.22. The summed E-state index contributed by atoms with van der Waals surface area (Å²) >= 11 is 1.30. The highest BCUT2D eigenvalue weighted by molar-refractivity contribution is 7.10. The molecule has 102 valence electrons. The van der Waals surface area contributed by atoms with Gasteiger partial charge in [0, 0.05) is 5.38 Å². The van der Waals surface area contributed by atoms with Crippen molar-refractivity contribution in [2.75, 3.05) is 6.61 Å². The van der Waals surface area contributed by atoms with E-state index in [1.807, 2.05) is 13.8 Å². The Bertz CT molecular complexity index is 525. The van der Waals surface area contributed by atoms with Crippen LogP contribution in [0, 0.1) is 17.8 Å². The number of nitrogens with two attached hydrogens (primary N) is 1. The molecule has 0 aliphatic rings. The number of hydrogen-bond acceptors (Lipinski definition) is 4. The van der Waals surface area contributed by atoms with Crippen LogP contribution in [0.3, 0.4) is 0 Å². The number of carbonyl (C=O) groups is 2. The third-order valence-corrected chi connectivity index (χ3v) is 3.26. The Morgan fingerprint density at radius 1 is 1.53 bits per heavy atom. The lowest BCUT2D eigenvalue weighted by Crippen LogP contribution is -2.47. The van der Waals surface area contributed by atoms with Gasteiger partial charge in [0.2, 0.25) is 5.91 Å². The SMILES string of the molecule is CC(C)C(NC(=O)c1csc(C#CCO)c1)C(N)=O. The van der Waals surface area contributed by atoms with E-state index in [9.17, 15) is 9.59 Å². The highest BCUT2D eigenvalue weighted by atomic mass is 32.1. The molecule has 5 nitrogen and oxygen atoms in total. The van der Waals surface area contributed by atoms with Crippen molar-refractivity contribution in [1.82, 2.24) is 5.32 Å². The summed E-state index contributed by atoms with van der Waals surface area (Å²) in [4.78, 5) is 23.8. The van der Waals surface area contributed by atoms with Gasteiger partial charge in [0.1, 0.15) is 12.6 Å². The maximum absolute atomic E-state index is 11.9. The van der Waals surface area contributed by atoms with Crippen LogP contribution in [0.25, 0.3) is 0 Å². The van der Waals surface area contributed by atoms with Crippen molar-refractivity contribution in [1.29, 1.82) is 0 Å². The minimum Gasteiger partial charge on any atom is -0.384 e. The van der Waals surface area contributed by atoms with Gasteiger partial charge in [-0.05, 0) is 12.0 Å². The molecule has 0 spiro atoms. The van der Waals surface area contributed by atoms with Crippen molar-refractivity contribution in [3.05, 3.63) is 21.9 Å². The lowest BCUT2D eigenvalue weighted by molar-refractivity contribution is -0.120. The van der Waals surface area contributed by atoms with Crippen LogP contribution in [-0.2, 0) is 4.79 Å². The van der Waals surface area contributed by atoms with Gasteiger partial charge in [-0.2, -0.15) is 0 Å². The Hall–Kier alpha value is -1.84. The number of hydrogen-bond donors (Lipinski definition) is 3. The first-order chi connectivity index (χ1) is 8.95. The number of primary amides is 1. The topological polar surface area (TPSA) is 92.4 Å². The summed E-state index contributed by atoms with van der Waals surface area (Å²) in [5.74, 6) is 4.23. The summed E-state index contributed by atoms with van der Waals surface area (Å²) in [6, 6.07) is 0.917. The second-order valence-corrected chi connectivity index (χ2v) is 5.17. The maximum Gasteiger partial charge on any atom is 0.252 e. The fourth-order valence-electron chi connectivity index (χ4n) is 1.44. The monoisotopic (exact) mass is 280 g/mol. The minimum absolute atomic E-state index is 0.0752. The standard InChI is InChI=1S/C13H16N2O3S/c1-8(2)11(12(14)17)15-13(18)9-6-10(19-7-9)4-3-5-16/h6-8,11,16H,5H2,1-2H3,(H2,14,17)(H,15,18). The Morgan fingerprint density at radius 2 is 2.21 bits per heavy atom. The third kappa shape index (κ3) is 4.39. The van der Waals surface area contributed by atoms with Crippen molar-refractivity contribution in [3.63, 3.8) is 0 Å². The van der Waals surface area contributed by atoms with Crippen LogP contribution in [0.15, 0.2) is 11.4 Å². The largest absolute Gasteiger partial charge is 0.384 e. The molecule has 0 saturated carbocycles. The Morgan fingerprint density at radius 3 is 2.74 bits per heavy atom. The fourth-order valence-corrected chi connectivity index (χ4v) is 2.19. The molecular weight excluding hydrogens is 264 g/mol. The number of thiophene rings is 1. The summed E-state index contributed by atoms with van der Waals surface area (Å²) in [5, 5.41) is 12.8. The number of nitrogens with one attached hydrogen (secondary N) is 1. The van der Waals surface area contributed by atoms with E-state index in [0.717, 1.165) is 0 Å². The zero-order chi connectivity index (χ0) is 14.4. The van der Waals surface area contributed by atoms with Gasteiger partial charge in [0.05, 0.1) is 10.4 Å². The van der Waals surface area contributed by atoms with E-state index in [-0.39, 0.29) is 18.4 Å². The molecule has 0 bridgehead atoms. The first-order valence-electron chi connectivity index (χ1n) is 5.74. The Kier molecular flexibility index (Phi) is 5.55. The van der Waals surface area contributed by atoms with Crippen LogP contribution < -0.4 is 11.1 Å². The molecule has 0 aliphatic carbocycles. The Labute approximate surface area is 115 Å². The minimum atomic E-state index is -0.695. The average Bonchev–Trinajstić information content (AvgIpc) is 2.81. The number of amides is 2. The quantitative estimate of drug-likeness (QED) is 0.694. The van der Waals surface area contributed by atoms with Gasteiger partial charge >= 0.3 is 0 Å². The summed E-state index contributed by atoms with van der Waals surface area (Å²) in [6.07, 6.45) is 0. The zero-order valence-corrected chi connectivity index (χ0v) is 11.6. The molecule has 0 aliphatic heterocycles. The molecule has 0 radical (unpaired) electrons. The zero-order valence-electron chi connectivity index (χ0n) is 10.8. The molecule has 6 heteroatoms. The van der Waals surface area contributed by atoms with Crippen LogP contribution in [0.4, 0.5) is 0 Å². The smallest absolute Gasteiger partial charge is 0.252 e. The summed E-state index contributed by atoms with van der Waals surface area (Å²) in [7, 11) is 0. The van der Waals surface area contributed by atoms with Crippen LogP contribution in [-0.4, -0.2) is 29.6 Å². The second-order valence-electron chi connectivity index (χ2n) is 4.26. The van der Waals surface area contributed by atoms with E-state index in [4.69, 9.17) is 10.8 Å². The van der Waals surface area contributed by atoms with Gasteiger partial charge in [-0.15, -0.1) is 11.3 Å². The molecule has 19 heavy (non-hydrogen) atoms. The third-order valence-electron chi connectivity index (χ3n) is 2.41. The van der Waals surface area contributed by atoms with E-state index >= 15 is 0 Å². The van der Waals surface area contributed by atoms with Gasteiger partial charge in [-0.1, -0.05) is 25.7 Å². The van der Waals surface area contributed by atoms with E-state index in [1.165, 1.54) is 11.3 Å². The van der Waals surface area contributed by atoms with Gasteiger partial charge < -0.3 is 16.2 Å². The normalized spacial score (nSPS) is 11.6. The Balaban J connectivity index is 2.77. The average molecular weight is 280 g/mol. The molecular formula is C13H16N2O3S. The summed E-state index contributed by atoms with van der Waals surface area (Å²) in [5.41, 5.74) is 5.66. The first-order valence-corrected chi connectivity index (χ1v) is 6.62. The molecule has 1 heterocycles.